The molecule has 0 bridgehead atoms. The Balaban J connectivity index is 0.00000533. The molecule has 40 heavy (non-hydrogen) atoms. The smallest absolute Gasteiger partial charge is 0.251 e. The summed E-state index contributed by atoms with van der Waals surface area (Å²) in [6.07, 6.45) is 13.4. The van der Waals surface area contributed by atoms with E-state index in [4.69, 9.17) is 0 Å². The summed E-state index contributed by atoms with van der Waals surface area (Å²) in [4.78, 5) is 25.4. The SMILES string of the molecule is CCc1ccc(C(=O)NC2CCC(NC(=O)c3ccc(CCCCCCCC[N+](C)(C)C)cc3)CC2)cc1.[Cl-].[Cl-].[HH]. The number of unbranched alkanes of at least 4 members (excludes halogenated alkanes) is 5. The van der Waals surface area contributed by atoms with Crippen LogP contribution in [0.2, 0.25) is 0 Å². The first-order valence-corrected chi connectivity index (χ1v) is 14.8. The normalized spacial score (nSPS) is 16.8. The number of nitrogens with one attached hydrogen (secondary N) is 2. The summed E-state index contributed by atoms with van der Waals surface area (Å²) in [5.41, 5.74) is 4.00. The van der Waals surface area contributed by atoms with E-state index in [0.717, 1.165) is 48.6 Å². The van der Waals surface area contributed by atoms with Crippen molar-refractivity contribution in [3.63, 3.8) is 0 Å². The van der Waals surface area contributed by atoms with Gasteiger partial charge in [0.05, 0.1) is 27.7 Å². The summed E-state index contributed by atoms with van der Waals surface area (Å²) in [5.74, 6) is 0.00430. The fourth-order valence-electron chi connectivity index (χ4n) is 5.26. The van der Waals surface area contributed by atoms with E-state index in [-0.39, 0.29) is 50.1 Å². The molecule has 2 aromatic carbocycles. The second kappa shape index (κ2) is 18.4. The Morgan fingerprint density at radius 2 is 1.07 bits per heavy atom. The average molecular weight is 594 g/mol. The molecule has 0 unspecified atom stereocenters. The molecule has 1 fully saturated rings. The zero-order chi connectivity index (χ0) is 27.4. The van der Waals surface area contributed by atoms with Gasteiger partial charge in [-0.3, -0.25) is 9.59 Å². The lowest BCUT2D eigenvalue weighted by atomic mass is 9.90. The van der Waals surface area contributed by atoms with Crippen molar-refractivity contribution in [2.45, 2.75) is 96.1 Å². The van der Waals surface area contributed by atoms with Gasteiger partial charge in [-0.1, -0.05) is 50.5 Å². The van der Waals surface area contributed by atoms with E-state index in [1.165, 1.54) is 56.2 Å². The highest BCUT2D eigenvalue weighted by Gasteiger charge is 2.24. The van der Waals surface area contributed by atoms with Gasteiger partial charge in [0, 0.05) is 24.6 Å². The molecule has 5 nitrogen and oxygen atoms in total. The highest BCUT2D eigenvalue weighted by atomic mass is 35.5. The molecule has 0 radical (unpaired) electrons. The van der Waals surface area contributed by atoms with E-state index >= 15 is 0 Å². The fourth-order valence-corrected chi connectivity index (χ4v) is 5.26. The number of rotatable bonds is 14. The first-order chi connectivity index (χ1) is 18.2. The maximum atomic E-state index is 12.8. The molecule has 2 aromatic rings. The number of nitrogens with zero attached hydrogens (tertiary/aromatic N) is 1. The van der Waals surface area contributed by atoms with Crippen LogP contribution >= 0.6 is 0 Å². The van der Waals surface area contributed by atoms with Gasteiger partial charge in [0.25, 0.3) is 11.8 Å². The summed E-state index contributed by atoms with van der Waals surface area (Å²) in [7, 11) is 6.78. The van der Waals surface area contributed by atoms with Crippen molar-refractivity contribution in [2.75, 3.05) is 27.7 Å². The van der Waals surface area contributed by atoms with Crippen LogP contribution in [0.4, 0.5) is 0 Å². The van der Waals surface area contributed by atoms with Crippen molar-refractivity contribution in [1.82, 2.24) is 10.6 Å². The molecule has 1 aliphatic rings. The van der Waals surface area contributed by atoms with E-state index in [2.05, 4.69) is 50.8 Å². The Bertz CT molecular complexity index is 1000. The first kappa shape index (κ1) is 35.9. The highest BCUT2D eigenvalue weighted by Crippen LogP contribution is 2.20. The third-order valence-corrected chi connectivity index (χ3v) is 7.78. The number of benzene rings is 2. The summed E-state index contributed by atoms with van der Waals surface area (Å²) in [6, 6.07) is 16.3. The van der Waals surface area contributed by atoms with Gasteiger partial charge in [0.2, 0.25) is 0 Å². The molecule has 0 saturated heterocycles. The molecular formula is C33H52Cl2N3O2-. The highest BCUT2D eigenvalue weighted by molar-refractivity contribution is 5.95. The zero-order valence-electron chi connectivity index (χ0n) is 25.0. The molecule has 0 atom stereocenters. The van der Waals surface area contributed by atoms with Crippen molar-refractivity contribution in [2.24, 2.45) is 0 Å². The van der Waals surface area contributed by atoms with Gasteiger partial charge in [-0.25, -0.2) is 0 Å². The van der Waals surface area contributed by atoms with E-state index < -0.39 is 0 Å². The van der Waals surface area contributed by atoms with Crippen molar-refractivity contribution in [3.05, 3.63) is 70.8 Å². The molecule has 1 saturated carbocycles. The van der Waals surface area contributed by atoms with Crippen molar-refractivity contribution in [3.8, 4) is 0 Å². The molecule has 226 valence electrons. The number of hydrogen-bond donors (Lipinski definition) is 2. The van der Waals surface area contributed by atoms with Gasteiger partial charge in [-0.2, -0.15) is 0 Å². The molecule has 0 heterocycles. The lowest BCUT2D eigenvalue weighted by Gasteiger charge is -2.29. The first-order valence-electron chi connectivity index (χ1n) is 14.8. The minimum absolute atomic E-state index is 0. The van der Waals surface area contributed by atoms with Crippen molar-refractivity contribution >= 4 is 11.8 Å². The Kier molecular flexibility index (Phi) is 16.5. The summed E-state index contributed by atoms with van der Waals surface area (Å²) in [5, 5.41) is 6.38. The Morgan fingerprint density at radius 3 is 1.50 bits per heavy atom. The molecule has 0 aromatic heterocycles. The molecule has 3 rings (SSSR count). The van der Waals surface area contributed by atoms with Crippen LogP contribution in [0.5, 0.6) is 0 Å². The number of carbonyl (C=O) groups excluding carboxylic acids is 2. The van der Waals surface area contributed by atoms with Crippen LogP contribution in [0, 0.1) is 0 Å². The molecule has 1 aliphatic carbocycles. The lowest BCUT2D eigenvalue weighted by Crippen LogP contribution is -3.00. The number of halogens is 2. The van der Waals surface area contributed by atoms with Crippen LogP contribution in [-0.2, 0) is 12.8 Å². The lowest BCUT2D eigenvalue weighted by molar-refractivity contribution is -0.870. The van der Waals surface area contributed by atoms with Gasteiger partial charge in [0.1, 0.15) is 0 Å². The van der Waals surface area contributed by atoms with E-state index in [9.17, 15) is 9.59 Å². The van der Waals surface area contributed by atoms with Crippen molar-refractivity contribution < 1.29 is 40.3 Å². The van der Waals surface area contributed by atoms with Crippen LogP contribution < -0.4 is 35.4 Å². The average Bonchev–Trinajstić information content (AvgIpc) is 2.91. The number of amides is 2. The zero-order valence-corrected chi connectivity index (χ0v) is 26.5. The monoisotopic (exact) mass is 592 g/mol. The topological polar surface area (TPSA) is 58.2 Å². The fraction of sp³-hybridized carbons (Fsp3) is 0.576. The summed E-state index contributed by atoms with van der Waals surface area (Å²) < 4.78 is 1.06. The van der Waals surface area contributed by atoms with Gasteiger partial charge >= 0.3 is 0 Å². The molecule has 2 amide bonds. The van der Waals surface area contributed by atoms with Crippen LogP contribution in [0.1, 0.15) is 104 Å². The van der Waals surface area contributed by atoms with E-state index in [0.29, 0.717) is 5.56 Å². The van der Waals surface area contributed by atoms with Crippen LogP contribution in [0.25, 0.3) is 0 Å². The predicted molar refractivity (Wildman–Crippen MR) is 160 cm³/mol. The number of carbonyl (C=O) groups is 2. The Morgan fingerprint density at radius 1 is 0.675 bits per heavy atom. The maximum absolute atomic E-state index is 12.8. The molecule has 7 heteroatoms. The molecular weight excluding hydrogens is 541 g/mol. The van der Waals surface area contributed by atoms with Gasteiger partial charge in [-0.15, -0.1) is 0 Å². The summed E-state index contributed by atoms with van der Waals surface area (Å²) >= 11 is 0. The van der Waals surface area contributed by atoms with Crippen molar-refractivity contribution in [1.29, 1.82) is 0 Å². The number of hydrogen-bond acceptors (Lipinski definition) is 2. The minimum atomic E-state index is -0.00397. The molecule has 2 N–H and O–H groups in total. The molecule has 0 spiro atoms. The second-order valence-corrected chi connectivity index (χ2v) is 12.1. The third kappa shape index (κ3) is 13.1. The number of aryl methyl sites for hydroxylation is 2. The minimum Gasteiger partial charge on any atom is -1.00 e. The second-order valence-electron chi connectivity index (χ2n) is 12.1. The van der Waals surface area contributed by atoms with Crippen LogP contribution in [-0.4, -0.2) is 56.1 Å². The largest absolute Gasteiger partial charge is 1.00 e. The Labute approximate surface area is 256 Å². The van der Waals surface area contributed by atoms with E-state index in [1.807, 2.05) is 36.4 Å². The van der Waals surface area contributed by atoms with E-state index in [1.54, 1.807) is 0 Å². The number of quaternary nitrogens is 1. The maximum Gasteiger partial charge on any atom is 0.251 e. The summed E-state index contributed by atoms with van der Waals surface area (Å²) in [6.45, 7) is 3.37. The third-order valence-electron chi connectivity index (χ3n) is 7.78. The van der Waals surface area contributed by atoms with Crippen LogP contribution in [0.3, 0.4) is 0 Å². The molecule has 0 aliphatic heterocycles. The standard InChI is InChI=1S/C33H49N3O2.2ClH.H2/c1-5-26-13-17-28(18-14-26)32(37)34-30-21-23-31(24-22-30)35-33(38)29-19-15-27(16-20-29)12-10-8-6-7-9-11-25-36(2,3)4;;;/h13-20,30-31H,5-12,21-25H2,1-4H3,(H-,34,35,37,38);3*1H/p-1. The Hall–Kier alpha value is -2.08. The van der Waals surface area contributed by atoms with Gasteiger partial charge in [-0.05, 0) is 93.2 Å². The van der Waals surface area contributed by atoms with Crippen LogP contribution in [0.15, 0.2) is 48.5 Å². The van der Waals surface area contributed by atoms with Gasteiger partial charge in [0.15, 0.2) is 0 Å². The van der Waals surface area contributed by atoms with Gasteiger partial charge < -0.3 is 39.9 Å². The predicted octanol–water partition coefficient (Wildman–Crippen LogP) is 0.563. The quantitative estimate of drug-likeness (QED) is 0.249.